The first kappa shape index (κ1) is 19.1. The van der Waals surface area contributed by atoms with Crippen molar-refractivity contribution in [3.63, 3.8) is 0 Å². The lowest BCUT2D eigenvalue weighted by atomic mass is 9.96. The molecule has 0 amide bonds. The van der Waals surface area contributed by atoms with Gasteiger partial charge in [0.1, 0.15) is 5.82 Å². The second-order valence-corrected chi connectivity index (χ2v) is 9.07. The predicted octanol–water partition coefficient (Wildman–Crippen LogP) is 3.88. The highest BCUT2D eigenvalue weighted by Crippen LogP contribution is 2.34. The van der Waals surface area contributed by atoms with Crippen LogP contribution in [0, 0.1) is 5.82 Å². The Morgan fingerprint density at radius 3 is 3.00 bits per heavy atom. The van der Waals surface area contributed by atoms with Crippen LogP contribution in [0.3, 0.4) is 0 Å². The molecule has 5 rings (SSSR count). The van der Waals surface area contributed by atoms with E-state index in [1.807, 2.05) is 12.1 Å². The molecule has 3 N–H and O–H groups in total. The smallest absolute Gasteiger partial charge is 0.332 e. The maximum absolute atomic E-state index is 13.4. The molecule has 4 heterocycles. The number of aliphatic imine (C=N–C) groups is 1. The van der Waals surface area contributed by atoms with E-state index in [0.717, 1.165) is 32.3 Å². The minimum absolute atomic E-state index is 0.218. The SMILES string of the molecule is O=C(O)C1(Cc2cc3ccc(F)cc3[nH]2)CSC(CSc2nc3ccncc3[nH]2)=N1. The van der Waals surface area contributed by atoms with Gasteiger partial charge in [-0.05, 0) is 35.7 Å². The third-order valence-corrected chi connectivity index (χ3v) is 7.19. The Kier molecular flexibility index (Phi) is 4.75. The fourth-order valence-corrected chi connectivity index (χ4v) is 5.57. The number of fused-ring (bicyclic) bond motifs is 2. The summed E-state index contributed by atoms with van der Waals surface area (Å²) in [6, 6.07) is 8.16. The molecule has 0 saturated carbocycles. The van der Waals surface area contributed by atoms with E-state index in [2.05, 4.69) is 24.9 Å². The molecular weight excluding hydrogens is 425 g/mol. The number of benzene rings is 1. The first-order valence-electron chi connectivity index (χ1n) is 9.15. The van der Waals surface area contributed by atoms with Crippen molar-refractivity contribution in [3.8, 4) is 0 Å². The lowest BCUT2D eigenvalue weighted by Crippen LogP contribution is -2.39. The number of nitrogens with zero attached hydrogens (tertiary/aromatic N) is 3. The average Bonchev–Trinajstić information content (AvgIpc) is 3.42. The highest BCUT2D eigenvalue weighted by atomic mass is 32.2. The summed E-state index contributed by atoms with van der Waals surface area (Å²) in [5, 5.41) is 12.3. The number of H-pyrrole nitrogens is 2. The number of hydrogen-bond donors (Lipinski definition) is 3. The number of hydrogen-bond acceptors (Lipinski definition) is 6. The van der Waals surface area contributed by atoms with Crippen molar-refractivity contribution in [2.24, 2.45) is 4.99 Å². The summed E-state index contributed by atoms with van der Waals surface area (Å²) >= 11 is 2.93. The first-order chi connectivity index (χ1) is 14.5. The van der Waals surface area contributed by atoms with Crippen LogP contribution in [0.4, 0.5) is 4.39 Å². The molecule has 4 aromatic rings. The Bertz CT molecular complexity index is 1270. The molecule has 152 valence electrons. The van der Waals surface area contributed by atoms with Crippen LogP contribution in [0.25, 0.3) is 21.9 Å². The molecule has 10 heteroatoms. The van der Waals surface area contributed by atoms with Gasteiger partial charge in [0.2, 0.25) is 0 Å². The van der Waals surface area contributed by atoms with E-state index in [9.17, 15) is 14.3 Å². The predicted molar refractivity (Wildman–Crippen MR) is 117 cm³/mol. The van der Waals surface area contributed by atoms with Crippen LogP contribution in [0.1, 0.15) is 5.69 Å². The van der Waals surface area contributed by atoms with Crippen molar-refractivity contribution >= 4 is 56.5 Å². The number of carboxylic acids is 1. The Labute approximate surface area is 178 Å². The van der Waals surface area contributed by atoms with Crippen molar-refractivity contribution in [2.75, 3.05) is 11.5 Å². The highest BCUT2D eigenvalue weighted by molar-refractivity contribution is 8.16. The molecule has 1 unspecified atom stereocenters. The van der Waals surface area contributed by atoms with Crippen molar-refractivity contribution in [3.05, 3.63) is 54.2 Å². The molecule has 0 spiro atoms. The molecule has 0 bridgehead atoms. The van der Waals surface area contributed by atoms with Gasteiger partial charge >= 0.3 is 5.97 Å². The molecule has 3 aromatic heterocycles. The number of thioether (sulfide) groups is 2. The van der Waals surface area contributed by atoms with Crippen LogP contribution in [0.15, 0.2) is 52.9 Å². The van der Waals surface area contributed by atoms with Gasteiger partial charge in [-0.2, -0.15) is 0 Å². The second kappa shape index (κ2) is 7.44. The molecule has 7 nitrogen and oxygen atoms in total. The van der Waals surface area contributed by atoms with E-state index in [0.29, 0.717) is 17.0 Å². The molecule has 1 aliphatic heterocycles. The number of carbonyl (C=O) groups is 1. The third-order valence-electron chi connectivity index (χ3n) is 4.93. The lowest BCUT2D eigenvalue weighted by molar-refractivity contribution is -0.142. The highest BCUT2D eigenvalue weighted by Gasteiger charge is 2.43. The molecule has 1 atom stereocenters. The molecular formula is C20H16FN5O2S2. The van der Waals surface area contributed by atoms with Gasteiger partial charge in [0.05, 0.1) is 22.3 Å². The molecule has 0 fully saturated rings. The average molecular weight is 442 g/mol. The minimum Gasteiger partial charge on any atom is -0.479 e. The number of rotatable bonds is 6. The third kappa shape index (κ3) is 3.56. The zero-order chi connectivity index (χ0) is 20.7. The van der Waals surface area contributed by atoms with E-state index in [1.165, 1.54) is 35.7 Å². The lowest BCUT2D eigenvalue weighted by Gasteiger charge is -2.19. The van der Waals surface area contributed by atoms with Gasteiger partial charge < -0.3 is 15.1 Å². The molecule has 1 aliphatic rings. The zero-order valence-electron chi connectivity index (χ0n) is 15.6. The number of aromatic nitrogens is 4. The number of aliphatic carboxylic acids is 1. The van der Waals surface area contributed by atoms with Gasteiger partial charge in [0, 0.05) is 35.3 Å². The summed E-state index contributed by atoms with van der Waals surface area (Å²) in [5.74, 6) is -0.412. The van der Waals surface area contributed by atoms with Crippen LogP contribution >= 0.6 is 23.5 Å². The maximum atomic E-state index is 13.4. The summed E-state index contributed by atoms with van der Waals surface area (Å²) in [7, 11) is 0. The minimum atomic E-state index is -1.24. The largest absolute Gasteiger partial charge is 0.479 e. The zero-order valence-corrected chi connectivity index (χ0v) is 17.2. The Balaban J connectivity index is 1.34. The fraction of sp³-hybridized carbons (Fsp3) is 0.200. The molecule has 0 aliphatic carbocycles. The van der Waals surface area contributed by atoms with Crippen LogP contribution in [0.5, 0.6) is 0 Å². The number of pyridine rings is 1. The first-order valence-corrected chi connectivity index (χ1v) is 11.1. The van der Waals surface area contributed by atoms with E-state index < -0.39 is 11.5 Å². The number of aromatic amines is 2. The molecule has 1 aromatic carbocycles. The number of nitrogens with one attached hydrogen (secondary N) is 2. The Morgan fingerprint density at radius 1 is 1.27 bits per heavy atom. The van der Waals surface area contributed by atoms with Crippen molar-refractivity contribution in [1.82, 2.24) is 19.9 Å². The van der Waals surface area contributed by atoms with E-state index >= 15 is 0 Å². The van der Waals surface area contributed by atoms with Gasteiger partial charge in [0.25, 0.3) is 0 Å². The van der Waals surface area contributed by atoms with Crippen LogP contribution < -0.4 is 0 Å². The fourth-order valence-electron chi connectivity index (χ4n) is 3.46. The quantitative estimate of drug-likeness (QED) is 0.392. The van der Waals surface area contributed by atoms with Gasteiger partial charge in [-0.15, -0.1) is 11.8 Å². The van der Waals surface area contributed by atoms with Crippen LogP contribution in [-0.2, 0) is 11.2 Å². The van der Waals surface area contributed by atoms with Crippen LogP contribution in [-0.4, -0.2) is 53.1 Å². The summed E-state index contributed by atoms with van der Waals surface area (Å²) in [6.45, 7) is 0. The summed E-state index contributed by atoms with van der Waals surface area (Å²) in [5.41, 5.74) is 1.83. The molecule has 30 heavy (non-hydrogen) atoms. The second-order valence-electron chi connectivity index (χ2n) is 7.06. The summed E-state index contributed by atoms with van der Waals surface area (Å²) in [4.78, 5) is 31.6. The van der Waals surface area contributed by atoms with Gasteiger partial charge in [-0.3, -0.25) is 9.98 Å². The topological polar surface area (TPSA) is 107 Å². The maximum Gasteiger partial charge on any atom is 0.332 e. The number of imidazole rings is 1. The molecule has 0 radical (unpaired) electrons. The summed E-state index contributed by atoms with van der Waals surface area (Å²) in [6.07, 6.45) is 3.63. The van der Waals surface area contributed by atoms with Gasteiger partial charge in [0.15, 0.2) is 10.7 Å². The van der Waals surface area contributed by atoms with Crippen molar-refractivity contribution in [1.29, 1.82) is 0 Å². The normalized spacial score (nSPS) is 18.9. The Morgan fingerprint density at radius 2 is 2.17 bits per heavy atom. The number of halogens is 1. The van der Waals surface area contributed by atoms with Gasteiger partial charge in [-0.25, -0.2) is 14.2 Å². The van der Waals surface area contributed by atoms with Crippen molar-refractivity contribution < 1.29 is 14.3 Å². The van der Waals surface area contributed by atoms with E-state index in [-0.39, 0.29) is 12.2 Å². The number of carboxylic acid groups (broad SMARTS) is 1. The Hall–Kier alpha value is -2.85. The van der Waals surface area contributed by atoms with Crippen molar-refractivity contribution in [2.45, 2.75) is 17.1 Å². The van der Waals surface area contributed by atoms with Crippen LogP contribution in [0.2, 0.25) is 0 Å². The molecule has 0 saturated heterocycles. The standard InChI is InChI=1S/C20H16FN5O2S2/c21-12-2-1-11-5-13(23-15(11)6-12)7-20(18(27)28)10-30-17(26-20)9-29-19-24-14-3-4-22-8-16(14)25-19/h1-6,8,23H,7,9-10H2,(H,24,25)(H,27,28). The van der Waals surface area contributed by atoms with Gasteiger partial charge in [-0.1, -0.05) is 11.8 Å². The monoisotopic (exact) mass is 441 g/mol. The van der Waals surface area contributed by atoms with E-state index in [4.69, 9.17) is 0 Å². The summed E-state index contributed by atoms with van der Waals surface area (Å²) < 4.78 is 13.4. The van der Waals surface area contributed by atoms with E-state index in [1.54, 1.807) is 18.5 Å².